The number of carbonyl (C=O) groups excluding carboxylic acids is 3. The maximum atomic E-state index is 12.2. The fourth-order valence-corrected chi connectivity index (χ4v) is 7.79. The van der Waals surface area contributed by atoms with Gasteiger partial charge >= 0.3 is 5.97 Å². The van der Waals surface area contributed by atoms with Gasteiger partial charge < -0.3 is 9.47 Å². The van der Waals surface area contributed by atoms with E-state index in [1.54, 1.807) is 12.2 Å². The molecule has 0 N–H and O–H groups in total. The van der Waals surface area contributed by atoms with Crippen LogP contribution in [0.1, 0.15) is 72.1 Å². The Hall–Kier alpha value is -1.91. The molecule has 0 aliphatic heterocycles. The van der Waals surface area contributed by atoms with E-state index in [0.717, 1.165) is 31.3 Å². The molecule has 3 saturated carbocycles. The number of ketones is 1. The molecule has 0 aromatic carbocycles. The molecule has 0 saturated heterocycles. The van der Waals surface area contributed by atoms with Gasteiger partial charge in [-0.15, -0.1) is 0 Å². The first-order chi connectivity index (χ1) is 14.8. The summed E-state index contributed by atoms with van der Waals surface area (Å²) in [5.74, 6) is 2.13. The summed E-state index contributed by atoms with van der Waals surface area (Å²) in [5.41, 5.74) is 1.26. The van der Waals surface area contributed by atoms with Crippen LogP contribution in [0.25, 0.3) is 0 Å². The lowest BCUT2D eigenvalue weighted by molar-refractivity contribution is -0.141. The number of esters is 1. The summed E-state index contributed by atoms with van der Waals surface area (Å²) in [4.78, 5) is 35.1. The van der Waals surface area contributed by atoms with Crippen molar-refractivity contribution in [2.75, 3.05) is 6.61 Å². The largest absolute Gasteiger partial charge is 0.463 e. The maximum absolute atomic E-state index is 12.2. The van der Waals surface area contributed by atoms with Crippen molar-refractivity contribution < 1.29 is 23.9 Å². The number of allylic oxidation sites excluding steroid dienone is 1. The monoisotopic (exact) mass is 428 g/mol. The van der Waals surface area contributed by atoms with Crippen LogP contribution in [-0.2, 0) is 23.9 Å². The van der Waals surface area contributed by atoms with Gasteiger partial charge in [-0.1, -0.05) is 19.9 Å². The van der Waals surface area contributed by atoms with Crippen LogP contribution in [-0.4, -0.2) is 30.9 Å². The number of carbonyl (C=O) groups is 3. The molecule has 5 heteroatoms. The second-order valence-corrected chi connectivity index (χ2v) is 10.5. The first-order valence-electron chi connectivity index (χ1n) is 12.0. The third-order valence-electron chi connectivity index (χ3n) is 9.33. The molecule has 0 spiro atoms. The number of fused-ring (bicyclic) bond motifs is 5. The molecule has 7 unspecified atom stereocenters. The zero-order valence-corrected chi connectivity index (χ0v) is 19.1. The third kappa shape index (κ3) is 3.78. The Bertz CT molecular complexity index is 798. The van der Waals surface area contributed by atoms with Crippen molar-refractivity contribution in [3.8, 4) is 0 Å². The molecule has 0 aromatic rings. The van der Waals surface area contributed by atoms with Gasteiger partial charge in [0.25, 0.3) is 6.47 Å². The molecule has 7 atom stereocenters. The van der Waals surface area contributed by atoms with E-state index in [4.69, 9.17) is 9.47 Å². The number of hydrogen-bond donors (Lipinski definition) is 0. The quantitative estimate of drug-likeness (QED) is 0.345. The molecule has 0 aromatic heterocycles. The Morgan fingerprint density at radius 2 is 2.00 bits per heavy atom. The molecule has 170 valence electrons. The number of ether oxygens (including phenoxy) is 2. The minimum Gasteiger partial charge on any atom is -0.463 e. The van der Waals surface area contributed by atoms with E-state index >= 15 is 0 Å². The van der Waals surface area contributed by atoms with E-state index in [1.165, 1.54) is 19.3 Å². The zero-order valence-electron chi connectivity index (χ0n) is 19.1. The summed E-state index contributed by atoms with van der Waals surface area (Å²) in [5, 5.41) is 0. The summed E-state index contributed by atoms with van der Waals surface area (Å²) < 4.78 is 10.6. The molecule has 0 bridgehead atoms. The Morgan fingerprint density at radius 1 is 1.19 bits per heavy atom. The summed E-state index contributed by atoms with van der Waals surface area (Å²) in [6, 6.07) is 0. The van der Waals surface area contributed by atoms with Gasteiger partial charge in [0.1, 0.15) is 6.10 Å². The van der Waals surface area contributed by atoms with E-state index in [-0.39, 0.29) is 28.7 Å². The average Bonchev–Trinajstić information content (AvgIpc) is 3.06. The lowest BCUT2D eigenvalue weighted by atomic mass is 9.46. The Kier molecular flexibility index (Phi) is 6.15. The molecule has 4 aliphatic rings. The Balaban J connectivity index is 1.56. The van der Waals surface area contributed by atoms with E-state index in [1.807, 2.05) is 13.0 Å². The molecule has 5 nitrogen and oxygen atoms in total. The minimum absolute atomic E-state index is 0.0479. The van der Waals surface area contributed by atoms with Gasteiger partial charge in [0, 0.05) is 12.5 Å². The molecule has 3 fully saturated rings. The van der Waals surface area contributed by atoms with Gasteiger partial charge in [-0.25, -0.2) is 4.79 Å². The van der Waals surface area contributed by atoms with Crippen molar-refractivity contribution in [2.24, 2.45) is 34.5 Å². The topological polar surface area (TPSA) is 69.7 Å². The van der Waals surface area contributed by atoms with Crippen molar-refractivity contribution in [3.05, 3.63) is 23.8 Å². The van der Waals surface area contributed by atoms with Gasteiger partial charge in [-0.2, -0.15) is 0 Å². The lowest BCUT2D eigenvalue weighted by Gasteiger charge is -2.59. The van der Waals surface area contributed by atoms with Crippen LogP contribution >= 0.6 is 0 Å². The average molecular weight is 429 g/mol. The maximum Gasteiger partial charge on any atom is 0.330 e. The predicted octanol–water partition coefficient (Wildman–Crippen LogP) is 4.80. The van der Waals surface area contributed by atoms with Gasteiger partial charge in [0.05, 0.1) is 6.61 Å². The molecule has 4 aliphatic carbocycles. The predicted molar refractivity (Wildman–Crippen MR) is 117 cm³/mol. The van der Waals surface area contributed by atoms with Gasteiger partial charge in [-0.3, -0.25) is 9.59 Å². The minimum atomic E-state index is -0.266. The fraction of sp³-hybridized carbons (Fsp3) is 0.731. The molecular weight excluding hydrogens is 392 g/mol. The van der Waals surface area contributed by atoms with Crippen molar-refractivity contribution in [1.29, 1.82) is 0 Å². The van der Waals surface area contributed by atoms with Crippen LogP contribution < -0.4 is 0 Å². The summed E-state index contributed by atoms with van der Waals surface area (Å²) >= 11 is 0. The third-order valence-corrected chi connectivity index (χ3v) is 9.33. The fourth-order valence-electron chi connectivity index (χ4n) is 7.79. The molecule has 0 amide bonds. The molecule has 0 heterocycles. The summed E-state index contributed by atoms with van der Waals surface area (Å²) in [7, 11) is 0. The van der Waals surface area contributed by atoms with Crippen LogP contribution in [0.2, 0.25) is 0 Å². The molecule has 0 radical (unpaired) electrons. The van der Waals surface area contributed by atoms with Crippen molar-refractivity contribution >= 4 is 18.2 Å². The van der Waals surface area contributed by atoms with Crippen LogP contribution in [0.15, 0.2) is 23.8 Å². The first kappa shape index (κ1) is 22.3. The SMILES string of the molecule is CCOC(=O)/C=C/CC1CCC2C3CC(OC=O)C4=CC(=O)CCC4(C)C3CCC12C. The lowest BCUT2D eigenvalue weighted by Crippen LogP contribution is -2.54. The van der Waals surface area contributed by atoms with Crippen LogP contribution in [0.3, 0.4) is 0 Å². The van der Waals surface area contributed by atoms with E-state index in [9.17, 15) is 14.4 Å². The van der Waals surface area contributed by atoms with Crippen LogP contribution in [0.4, 0.5) is 0 Å². The van der Waals surface area contributed by atoms with Gasteiger partial charge in [0.15, 0.2) is 5.78 Å². The van der Waals surface area contributed by atoms with E-state index in [2.05, 4.69) is 13.8 Å². The van der Waals surface area contributed by atoms with Gasteiger partial charge in [0.2, 0.25) is 0 Å². The smallest absolute Gasteiger partial charge is 0.330 e. The molecular formula is C26H36O5. The number of hydrogen-bond acceptors (Lipinski definition) is 5. The highest BCUT2D eigenvalue weighted by molar-refractivity contribution is 5.92. The normalized spacial score (nSPS) is 41.7. The molecule has 4 rings (SSSR count). The summed E-state index contributed by atoms with van der Waals surface area (Å²) in [6.07, 6.45) is 13.0. The second-order valence-electron chi connectivity index (χ2n) is 10.5. The number of rotatable bonds is 6. The second kappa shape index (κ2) is 8.55. The highest BCUT2D eigenvalue weighted by atomic mass is 16.5. The molecule has 31 heavy (non-hydrogen) atoms. The van der Waals surface area contributed by atoms with E-state index < -0.39 is 0 Å². The standard InChI is InChI=1S/C26H36O5/c1-4-30-24(29)7-5-6-17-8-9-20-19-15-23(31-16-27)22-14-18(28)10-12-26(22,3)21(19)11-13-25(17,20)2/h5,7,14,16-17,19-21,23H,4,6,8-13,15H2,1-3H3/b7-5+. The van der Waals surface area contributed by atoms with E-state index in [0.29, 0.717) is 43.2 Å². The zero-order chi connectivity index (χ0) is 22.2. The van der Waals surface area contributed by atoms with Crippen molar-refractivity contribution in [3.63, 3.8) is 0 Å². The van der Waals surface area contributed by atoms with Crippen molar-refractivity contribution in [2.45, 2.75) is 78.2 Å². The highest BCUT2D eigenvalue weighted by Crippen LogP contribution is 2.67. The van der Waals surface area contributed by atoms with Crippen LogP contribution in [0, 0.1) is 34.5 Å². The first-order valence-corrected chi connectivity index (χ1v) is 12.0. The summed E-state index contributed by atoms with van der Waals surface area (Å²) in [6.45, 7) is 7.53. The van der Waals surface area contributed by atoms with Gasteiger partial charge in [-0.05, 0) is 98.0 Å². The van der Waals surface area contributed by atoms with Crippen LogP contribution in [0.5, 0.6) is 0 Å². The Morgan fingerprint density at radius 3 is 2.74 bits per heavy atom. The highest BCUT2D eigenvalue weighted by Gasteiger charge is 2.60. The Labute approximate surface area is 185 Å². The van der Waals surface area contributed by atoms with Crippen molar-refractivity contribution in [1.82, 2.24) is 0 Å².